The van der Waals surface area contributed by atoms with Crippen molar-refractivity contribution in [3.05, 3.63) is 29.8 Å². The molecule has 18 heavy (non-hydrogen) atoms. The molecule has 4 heteroatoms. The maximum Gasteiger partial charge on any atom is 0.234 e. The Bertz CT molecular complexity index is 408. The van der Waals surface area contributed by atoms with E-state index in [1.807, 2.05) is 31.2 Å². The maximum absolute atomic E-state index is 12.4. The Morgan fingerprint density at radius 3 is 2.72 bits per heavy atom. The number of nitrogens with one attached hydrogen (secondary N) is 2. The summed E-state index contributed by atoms with van der Waals surface area (Å²) in [6.07, 6.45) is 0.818. The highest BCUT2D eigenvalue weighted by atomic mass is 16.5. The van der Waals surface area contributed by atoms with E-state index in [4.69, 9.17) is 4.74 Å². The van der Waals surface area contributed by atoms with E-state index in [1.54, 1.807) is 7.11 Å². The molecule has 1 saturated heterocycles. The monoisotopic (exact) mass is 248 g/mol. The average Bonchev–Trinajstić information content (AvgIpc) is 2.82. The van der Waals surface area contributed by atoms with Crippen LogP contribution in [-0.4, -0.2) is 32.7 Å². The second-order valence-electron chi connectivity index (χ2n) is 4.96. The number of benzene rings is 1. The van der Waals surface area contributed by atoms with Crippen LogP contribution in [0, 0.1) is 12.3 Å². The number of ether oxygens (including phenoxy) is 1. The molecule has 1 aromatic carbocycles. The normalized spacial score (nSPS) is 23.0. The fraction of sp³-hybridized carbons (Fsp3) is 0.500. The molecule has 1 heterocycles. The third-order valence-electron chi connectivity index (χ3n) is 3.46. The third-order valence-corrected chi connectivity index (χ3v) is 3.46. The van der Waals surface area contributed by atoms with Crippen LogP contribution in [0.5, 0.6) is 0 Å². The van der Waals surface area contributed by atoms with Crippen LogP contribution in [0.25, 0.3) is 0 Å². The van der Waals surface area contributed by atoms with Gasteiger partial charge in [-0.1, -0.05) is 17.7 Å². The molecule has 2 rings (SSSR count). The average molecular weight is 248 g/mol. The molecule has 1 fully saturated rings. The zero-order valence-corrected chi connectivity index (χ0v) is 11.0. The van der Waals surface area contributed by atoms with Gasteiger partial charge in [0.05, 0.1) is 12.0 Å². The molecule has 1 aliphatic heterocycles. The van der Waals surface area contributed by atoms with Crippen LogP contribution in [0.3, 0.4) is 0 Å². The molecule has 1 unspecified atom stereocenters. The van der Waals surface area contributed by atoms with Crippen LogP contribution in [0.2, 0.25) is 0 Å². The summed E-state index contributed by atoms with van der Waals surface area (Å²) in [5.74, 6) is 0.0400. The van der Waals surface area contributed by atoms with Gasteiger partial charge in [-0.3, -0.25) is 4.79 Å². The van der Waals surface area contributed by atoms with Gasteiger partial charge >= 0.3 is 0 Å². The molecule has 0 radical (unpaired) electrons. The van der Waals surface area contributed by atoms with Crippen molar-refractivity contribution in [1.29, 1.82) is 0 Å². The number of anilines is 1. The minimum absolute atomic E-state index is 0.0400. The Hall–Kier alpha value is -1.39. The summed E-state index contributed by atoms with van der Waals surface area (Å²) in [5, 5.41) is 6.21. The summed E-state index contributed by atoms with van der Waals surface area (Å²) < 4.78 is 5.21. The van der Waals surface area contributed by atoms with Gasteiger partial charge in [0.2, 0.25) is 5.91 Å². The first kappa shape index (κ1) is 13.1. The van der Waals surface area contributed by atoms with E-state index >= 15 is 0 Å². The van der Waals surface area contributed by atoms with Crippen molar-refractivity contribution in [2.75, 3.05) is 32.1 Å². The predicted molar refractivity (Wildman–Crippen MR) is 71.6 cm³/mol. The van der Waals surface area contributed by atoms with Crippen LogP contribution in [-0.2, 0) is 9.53 Å². The van der Waals surface area contributed by atoms with Gasteiger partial charge in [0.25, 0.3) is 0 Å². The van der Waals surface area contributed by atoms with Crippen molar-refractivity contribution in [3.8, 4) is 0 Å². The Morgan fingerprint density at radius 1 is 1.44 bits per heavy atom. The molecule has 0 saturated carbocycles. The van der Waals surface area contributed by atoms with Crippen molar-refractivity contribution < 1.29 is 9.53 Å². The maximum atomic E-state index is 12.4. The van der Waals surface area contributed by atoms with Gasteiger partial charge in [0.15, 0.2) is 0 Å². The minimum Gasteiger partial charge on any atom is -0.384 e. The second-order valence-corrected chi connectivity index (χ2v) is 4.96. The number of hydrogen-bond donors (Lipinski definition) is 2. The summed E-state index contributed by atoms with van der Waals surface area (Å²) in [5.41, 5.74) is 1.59. The van der Waals surface area contributed by atoms with Gasteiger partial charge in [0.1, 0.15) is 0 Å². The molecule has 4 nitrogen and oxygen atoms in total. The Kier molecular flexibility index (Phi) is 3.99. The van der Waals surface area contributed by atoms with Crippen molar-refractivity contribution in [2.45, 2.75) is 13.3 Å². The first-order valence-corrected chi connectivity index (χ1v) is 6.24. The number of amides is 1. The standard InChI is InChI=1S/C14H20N2O2/c1-11-3-5-12(6-4-11)16-13(17)14(10-18-2)7-8-15-9-14/h3-6,15H,7-10H2,1-2H3,(H,16,17). The SMILES string of the molecule is COCC1(C(=O)Nc2ccc(C)cc2)CCNC1. The Balaban J connectivity index is 2.07. The Labute approximate surface area is 108 Å². The van der Waals surface area contributed by atoms with Crippen LogP contribution in [0.1, 0.15) is 12.0 Å². The molecule has 1 aromatic rings. The van der Waals surface area contributed by atoms with Gasteiger partial charge < -0.3 is 15.4 Å². The zero-order valence-electron chi connectivity index (χ0n) is 11.0. The van der Waals surface area contributed by atoms with E-state index in [-0.39, 0.29) is 5.91 Å². The van der Waals surface area contributed by atoms with Crippen molar-refractivity contribution >= 4 is 11.6 Å². The van der Waals surface area contributed by atoms with Crippen LogP contribution in [0.4, 0.5) is 5.69 Å². The lowest BCUT2D eigenvalue weighted by molar-refractivity contribution is -0.127. The molecule has 0 bridgehead atoms. The fourth-order valence-electron chi connectivity index (χ4n) is 2.30. The first-order chi connectivity index (χ1) is 8.66. The quantitative estimate of drug-likeness (QED) is 0.850. The highest BCUT2D eigenvalue weighted by Crippen LogP contribution is 2.27. The molecule has 1 aliphatic rings. The summed E-state index contributed by atoms with van der Waals surface area (Å²) >= 11 is 0. The van der Waals surface area contributed by atoms with Gasteiger partial charge in [0, 0.05) is 19.3 Å². The highest BCUT2D eigenvalue weighted by molar-refractivity contribution is 5.95. The van der Waals surface area contributed by atoms with Gasteiger partial charge in [-0.15, -0.1) is 0 Å². The summed E-state index contributed by atoms with van der Waals surface area (Å²) in [4.78, 5) is 12.4. The fourth-order valence-corrected chi connectivity index (χ4v) is 2.30. The number of carbonyl (C=O) groups excluding carboxylic acids is 1. The number of aryl methyl sites for hydroxylation is 1. The third kappa shape index (κ3) is 2.71. The summed E-state index contributed by atoms with van der Waals surface area (Å²) in [6, 6.07) is 7.84. The molecule has 0 aromatic heterocycles. The number of carbonyl (C=O) groups is 1. The molecule has 1 amide bonds. The van der Waals surface area contributed by atoms with Gasteiger partial charge in [-0.25, -0.2) is 0 Å². The van der Waals surface area contributed by atoms with E-state index in [2.05, 4.69) is 10.6 Å². The van der Waals surface area contributed by atoms with Crippen molar-refractivity contribution in [3.63, 3.8) is 0 Å². The lowest BCUT2D eigenvalue weighted by atomic mass is 9.87. The lowest BCUT2D eigenvalue weighted by Gasteiger charge is -2.25. The van der Waals surface area contributed by atoms with Crippen molar-refractivity contribution in [2.24, 2.45) is 5.41 Å². The summed E-state index contributed by atoms with van der Waals surface area (Å²) in [6.45, 7) is 4.03. The molecular formula is C14H20N2O2. The van der Waals surface area contributed by atoms with Crippen molar-refractivity contribution in [1.82, 2.24) is 5.32 Å². The Morgan fingerprint density at radius 2 is 2.17 bits per heavy atom. The van der Waals surface area contributed by atoms with E-state index in [0.29, 0.717) is 13.2 Å². The molecule has 98 valence electrons. The zero-order chi connectivity index (χ0) is 13.0. The second kappa shape index (κ2) is 5.50. The van der Waals surface area contributed by atoms with E-state index < -0.39 is 5.41 Å². The number of methoxy groups -OCH3 is 1. The molecule has 0 aliphatic carbocycles. The largest absolute Gasteiger partial charge is 0.384 e. The smallest absolute Gasteiger partial charge is 0.234 e. The molecule has 0 spiro atoms. The molecule has 2 N–H and O–H groups in total. The highest BCUT2D eigenvalue weighted by Gasteiger charge is 2.41. The summed E-state index contributed by atoms with van der Waals surface area (Å²) in [7, 11) is 1.64. The number of rotatable bonds is 4. The van der Waals surface area contributed by atoms with Crippen LogP contribution in [0.15, 0.2) is 24.3 Å². The molecule has 1 atom stereocenters. The van der Waals surface area contributed by atoms with Crippen LogP contribution < -0.4 is 10.6 Å². The first-order valence-electron chi connectivity index (χ1n) is 6.24. The van der Waals surface area contributed by atoms with Gasteiger partial charge in [-0.2, -0.15) is 0 Å². The molecular weight excluding hydrogens is 228 g/mol. The predicted octanol–water partition coefficient (Wildman–Crippen LogP) is 1.56. The van der Waals surface area contributed by atoms with E-state index in [9.17, 15) is 4.79 Å². The lowest BCUT2D eigenvalue weighted by Crippen LogP contribution is -2.41. The van der Waals surface area contributed by atoms with E-state index in [0.717, 1.165) is 18.7 Å². The number of hydrogen-bond acceptors (Lipinski definition) is 3. The topological polar surface area (TPSA) is 50.4 Å². The minimum atomic E-state index is -0.431. The van der Waals surface area contributed by atoms with Crippen LogP contribution >= 0.6 is 0 Å². The van der Waals surface area contributed by atoms with Gasteiger partial charge in [-0.05, 0) is 32.0 Å². The van der Waals surface area contributed by atoms with E-state index in [1.165, 1.54) is 5.56 Å².